The summed E-state index contributed by atoms with van der Waals surface area (Å²) in [6, 6.07) is 13.0. The van der Waals surface area contributed by atoms with Gasteiger partial charge in [-0.2, -0.15) is 0 Å². The lowest BCUT2D eigenvalue weighted by molar-refractivity contribution is -0.127. The second kappa shape index (κ2) is 10.3. The summed E-state index contributed by atoms with van der Waals surface area (Å²) in [5.41, 5.74) is 0.783. The predicted molar refractivity (Wildman–Crippen MR) is 132 cm³/mol. The van der Waals surface area contributed by atoms with Crippen molar-refractivity contribution in [2.75, 3.05) is 6.61 Å². The Balaban J connectivity index is 1.79. The van der Waals surface area contributed by atoms with E-state index in [9.17, 15) is 9.59 Å². The minimum atomic E-state index is -1.24. The van der Waals surface area contributed by atoms with Crippen molar-refractivity contribution < 1.29 is 19.1 Å². The molecular weight excluding hydrogens is 433 g/mol. The summed E-state index contributed by atoms with van der Waals surface area (Å²) in [4.78, 5) is 25.5. The highest BCUT2D eigenvalue weighted by molar-refractivity contribution is 6.32. The molecule has 2 N–H and O–H groups in total. The minimum absolute atomic E-state index is 0.165. The van der Waals surface area contributed by atoms with E-state index in [4.69, 9.17) is 9.47 Å². The van der Waals surface area contributed by atoms with Crippen molar-refractivity contribution in [3.05, 3.63) is 60.0 Å². The molecular formula is C24H32BN5O4. The van der Waals surface area contributed by atoms with Crippen molar-refractivity contribution in [2.45, 2.75) is 58.4 Å². The van der Waals surface area contributed by atoms with Crippen LogP contribution in [-0.4, -0.2) is 52.2 Å². The Morgan fingerprint density at radius 3 is 2.44 bits per heavy atom. The third-order valence-electron chi connectivity index (χ3n) is 4.97. The molecule has 0 radical (unpaired) electrons. The summed E-state index contributed by atoms with van der Waals surface area (Å²) >= 11 is 0. The van der Waals surface area contributed by atoms with Gasteiger partial charge in [-0.15, -0.1) is 10.2 Å². The number of carbonyl (C=O) groups excluding carboxylic acids is 2. The molecule has 2 aromatic heterocycles. The number of benzene rings is 1. The first kappa shape index (κ1) is 25.2. The fourth-order valence-electron chi connectivity index (χ4n) is 3.26. The van der Waals surface area contributed by atoms with Crippen LogP contribution < -0.4 is 16.1 Å². The van der Waals surface area contributed by atoms with Crippen molar-refractivity contribution in [2.24, 2.45) is 0 Å². The minimum Gasteiger partial charge on any atom is -0.444 e. The molecule has 34 heavy (non-hydrogen) atoms. The number of fused-ring (bicyclic) bond motifs is 1. The quantitative estimate of drug-likeness (QED) is 0.491. The smallest absolute Gasteiger partial charge is 0.408 e. The zero-order chi connectivity index (χ0) is 24.9. The second-order valence-corrected chi connectivity index (χ2v) is 9.77. The Morgan fingerprint density at radius 1 is 1.06 bits per heavy atom. The van der Waals surface area contributed by atoms with Gasteiger partial charge in [0.05, 0.1) is 13.2 Å². The second-order valence-electron chi connectivity index (χ2n) is 9.77. The highest BCUT2D eigenvalue weighted by Crippen LogP contribution is 2.16. The highest BCUT2D eigenvalue weighted by atomic mass is 16.6. The van der Waals surface area contributed by atoms with E-state index in [-0.39, 0.29) is 6.61 Å². The van der Waals surface area contributed by atoms with Gasteiger partial charge >= 0.3 is 6.09 Å². The molecule has 0 bridgehead atoms. The Hall–Kier alpha value is -3.40. The number of hydrogen-bond donors (Lipinski definition) is 2. The van der Waals surface area contributed by atoms with Crippen LogP contribution in [0.25, 0.3) is 5.65 Å². The van der Waals surface area contributed by atoms with E-state index in [2.05, 4.69) is 20.8 Å². The predicted octanol–water partition coefficient (Wildman–Crippen LogP) is 1.67. The fourth-order valence-corrected chi connectivity index (χ4v) is 3.26. The summed E-state index contributed by atoms with van der Waals surface area (Å²) < 4.78 is 13.1. The molecule has 0 fully saturated rings. The van der Waals surface area contributed by atoms with Gasteiger partial charge in [-0.05, 0) is 46.2 Å². The number of pyridine rings is 1. The van der Waals surface area contributed by atoms with Gasteiger partial charge in [-0.1, -0.05) is 41.9 Å². The van der Waals surface area contributed by atoms with Gasteiger partial charge in [0, 0.05) is 6.20 Å². The molecule has 0 aliphatic rings. The average Bonchev–Trinajstić information content (AvgIpc) is 3.14. The van der Waals surface area contributed by atoms with Crippen molar-refractivity contribution in [3.63, 3.8) is 0 Å². The van der Waals surface area contributed by atoms with Crippen LogP contribution in [0, 0.1) is 0 Å². The SMILES string of the molecule is Bc1ccc2nnc([C@@H](COCc3ccccc3)NC(=O)C(C)(C)NC(=O)OC(C)(C)C)n2c1. The van der Waals surface area contributed by atoms with Crippen LogP contribution in [-0.2, 0) is 20.9 Å². The molecule has 2 amide bonds. The van der Waals surface area contributed by atoms with Crippen molar-refractivity contribution in [1.82, 2.24) is 25.2 Å². The first-order chi connectivity index (χ1) is 15.9. The average molecular weight is 465 g/mol. The molecule has 0 aliphatic carbocycles. The molecule has 0 saturated carbocycles. The Kier molecular flexibility index (Phi) is 7.61. The maximum Gasteiger partial charge on any atom is 0.408 e. The number of nitrogens with one attached hydrogen (secondary N) is 2. The number of ether oxygens (including phenoxy) is 2. The lowest BCUT2D eigenvalue weighted by Crippen LogP contribution is -2.56. The Labute approximate surface area is 200 Å². The van der Waals surface area contributed by atoms with Crippen LogP contribution in [0.5, 0.6) is 0 Å². The largest absolute Gasteiger partial charge is 0.444 e. The van der Waals surface area contributed by atoms with E-state index >= 15 is 0 Å². The number of aromatic nitrogens is 3. The van der Waals surface area contributed by atoms with Crippen molar-refractivity contribution >= 4 is 31.0 Å². The topological polar surface area (TPSA) is 107 Å². The van der Waals surface area contributed by atoms with Crippen LogP contribution in [0.15, 0.2) is 48.7 Å². The lowest BCUT2D eigenvalue weighted by atomic mass is 9.99. The van der Waals surface area contributed by atoms with E-state index < -0.39 is 29.2 Å². The number of hydrogen-bond acceptors (Lipinski definition) is 6. The molecule has 0 saturated heterocycles. The molecule has 1 atom stereocenters. The maximum absolute atomic E-state index is 13.2. The van der Waals surface area contributed by atoms with E-state index in [1.165, 1.54) is 0 Å². The molecule has 3 aromatic rings. The van der Waals surface area contributed by atoms with Crippen LogP contribution in [0.4, 0.5) is 4.79 Å². The molecule has 10 heteroatoms. The van der Waals surface area contributed by atoms with Gasteiger partial charge in [-0.25, -0.2) is 4.79 Å². The molecule has 3 rings (SSSR count). The van der Waals surface area contributed by atoms with Gasteiger partial charge in [0.2, 0.25) is 5.91 Å². The van der Waals surface area contributed by atoms with Crippen molar-refractivity contribution in [3.8, 4) is 0 Å². The highest BCUT2D eigenvalue weighted by Gasteiger charge is 2.34. The summed E-state index contributed by atoms with van der Waals surface area (Å²) in [6.07, 6.45) is 1.23. The van der Waals surface area contributed by atoms with Crippen LogP contribution in [0.2, 0.25) is 0 Å². The maximum atomic E-state index is 13.2. The number of nitrogens with zero attached hydrogens (tertiary/aromatic N) is 3. The van der Waals surface area contributed by atoms with E-state index in [0.717, 1.165) is 11.0 Å². The molecule has 0 spiro atoms. The molecule has 2 heterocycles. The van der Waals surface area contributed by atoms with Gasteiger partial charge in [0.15, 0.2) is 11.5 Å². The van der Waals surface area contributed by atoms with E-state index in [0.29, 0.717) is 18.1 Å². The van der Waals surface area contributed by atoms with E-state index in [1.54, 1.807) is 34.6 Å². The zero-order valence-corrected chi connectivity index (χ0v) is 20.6. The third kappa shape index (κ3) is 6.80. The summed E-state index contributed by atoms with van der Waals surface area (Å²) in [5.74, 6) is 0.129. The van der Waals surface area contributed by atoms with Crippen molar-refractivity contribution in [1.29, 1.82) is 0 Å². The van der Waals surface area contributed by atoms with Gasteiger partial charge < -0.3 is 20.1 Å². The Bertz CT molecular complexity index is 1140. The zero-order valence-electron chi connectivity index (χ0n) is 20.6. The number of amides is 2. The summed E-state index contributed by atoms with van der Waals surface area (Å²) in [7, 11) is 1.97. The molecule has 9 nitrogen and oxygen atoms in total. The normalized spacial score (nSPS) is 12.9. The fraction of sp³-hybridized carbons (Fsp3) is 0.417. The van der Waals surface area contributed by atoms with Crippen LogP contribution in [0.1, 0.15) is 52.0 Å². The summed E-state index contributed by atoms with van der Waals surface area (Å²) in [5, 5.41) is 14.1. The number of rotatable bonds is 8. The van der Waals surface area contributed by atoms with Gasteiger partial charge in [-0.3, -0.25) is 9.20 Å². The molecule has 180 valence electrons. The van der Waals surface area contributed by atoms with Gasteiger partial charge in [0.25, 0.3) is 0 Å². The van der Waals surface area contributed by atoms with Crippen LogP contribution in [0.3, 0.4) is 0 Å². The molecule has 0 aliphatic heterocycles. The first-order valence-electron chi connectivity index (χ1n) is 11.2. The standard InChI is InChI=1S/C24H32BN5O4/c1-23(2,3)34-22(32)27-24(4,5)21(31)26-18(15-33-14-16-9-7-6-8-10-16)20-29-28-19-12-11-17(25)13-30(19)20/h6-13,18H,14-15,25H2,1-5H3,(H,26,31)(H,27,32)/t18-/m1/s1. The summed E-state index contributed by atoms with van der Waals surface area (Å²) in [6.45, 7) is 9.05. The van der Waals surface area contributed by atoms with E-state index in [1.807, 2.05) is 60.9 Å². The monoisotopic (exact) mass is 465 g/mol. The molecule has 1 aromatic carbocycles. The first-order valence-corrected chi connectivity index (χ1v) is 11.2. The number of carbonyl (C=O) groups is 2. The lowest BCUT2D eigenvalue weighted by Gasteiger charge is -2.29. The third-order valence-corrected chi connectivity index (χ3v) is 4.97. The van der Waals surface area contributed by atoms with Gasteiger partial charge in [0.1, 0.15) is 25.0 Å². The number of alkyl carbamates (subject to hydrolysis) is 1. The molecule has 0 unspecified atom stereocenters. The van der Waals surface area contributed by atoms with Crippen LogP contribution >= 0.6 is 0 Å². The Morgan fingerprint density at radius 2 is 1.76 bits per heavy atom.